The molecule has 12 heteroatoms. The number of rotatable bonds is 0. The molecule has 0 radical (unpaired) electrons. The van der Waals surface area contributed by atoms with Crippen molar-refractivity contribution in [3.8, 4) is 24.5 Å². The van der Waals surface area contributed by atoms with E-state index < -0.39 is 34.6 Å². The molecule has 182 valence electrons. The van der Waals surface area contributed by atoms with Gasteiger partial charge in [-0.1, -0.05) is 0 Å². The van der Waals surface area contributed by atoms with Crippen molar-refractivity contribution >= 4 is 43.1 Å². The maximum Gasteiger partial charge on any atom is 0.417 e. The van der Waals surface area contributed by atoms with E-state index in [0.29, 0.717) is 0 Å². The summed E-state index contributed by atoms with van der Waals surface area (Å²) in [5, 5.41) is 37.9. The highest BCUT2D eigenvalue weighted by atomic mass is 19.4. The Morgan fingerprint density at radius 3 is 1.11 bits per heavy atom. The molecule has 5 rings (SSSR count). The van der Waals surface area contributed by atoms with Crippen LogP contribution in [0.5, 0.6) is 0 Å². The van der Waals surface area contributed by atoms with E-state index in [4.69, 9.17) is 0 Å². The van der Waals surface area contributed by atoms with Crippen molar-refractivity contribution in [3.05, 3.63) is 69.4 Å². The van der Waals surface area contributed by atoms with Gasteiger partial charge in [0.1, 0.15) is 0 Å². The van der Waals surface area contributed by atoms with Gasteiger partial charge in [-0.05, 0) is 57.9 Å². The number of hydrogen-bond donors (Lipinski definition) is 0. The van der Waals surface area contributed by atoms with Crippen LogP contribution in [0.1, 0.15) is 22.3 Å². The van der Waals surface area contributed by atoms with Gasteiger partial charge < -0.3 is 0 Å². The summed E-state index contributed by atoms with van der Waals surface area (Å²) >= 11 is 0. The Bertz CT molecular complexity index is 2000. The van der Waals surface area contributed by atoms with Crippen molar-refractivity contribution in [1.82, 2.24) is 0 Å². The summed E-state index contributed by atoms with van der Waals surface area (Å²) in [6, 6.07) is 9.31. The Balaban J connectivity index is 2.07. The second-order valence-electron chi connectivity index (χ2n) is 8.17. The van der Waals surface area contributed by atoms with E-state index >= 15 is 0 Å². The molecule has 0 spiro atoms. The molecule has 0 heterocycles. The van der Waals surface area contributed by atoms with Crippen molar-refractivity contribution in [1.29, 1.82) is 21.0 Å². The quantitative estimate of drug-likeness (QED) is 0.193. The number of nitrogens with zero attached hydrogens (tertiary/aromatic N) is 6. The molecular weight excluding hydrogens is 510 g/mol. The molecular formula is C26H6F6N6. The monoisotopic (exact) mass is 516 g/mol. The molecule has 0 atom stereocenters. The minimum absolute atomic E-state index is 0.0688. The second-order valence-corrected chi connectivity index (χ2v) is 8.17. The first kappa shape index (κ1) is 24.2. The third-order valence-electron chi connectivity index (χ3n) is 6.25. The minimum atomic E-state index is -4.87. The van der Waals surface area contributed by atoms with Crippen LogP contribution >= 0.6 is 0 Å². The average Bonchev–Trinajstić information content (AvgIpc) is 3.32. The number of halogens is 6. The largest absolute Gasteiger partial charge is 0.417 e. The topological polar surface area (TPSA) is 120 Å². The van der Waals surface area contributed by atoms with Crippen molar-refractivity contribution in [3.63, 3.8) is 0 Å². The van der Waals surface area contributed by atoms with Gasteiger partial charge in [0.15, 0.2) is 0 Å². The number of benzene rings is 3. The Labute approximate surface area is 207 Å². The Kier molecular flexibility index (Phi) is 5.12. The van der Waals surface area contributed by atoms with Crippen molar-refractivity contribution in [2.75, 3.05) is 0 Å². The Morgan fingerprint density at radius 1 is 0.474 bits per heavy atom. The van der Waals surface area contributed by atoms with E-state index in [1.165, 1.54) is 36.7 Å². The molecule has 6 nitrogen and oxygen atoms in total. The van der Waals surface area contributed by atoms with Crippen LogP contribution in [-0.2, 0) is 12.4 Å². The SMILES string of the molecule is N#C/N=c1/c2cc(C(F)(F)F)c(C#N)cc2c2cc3c(cc12)/c(=N/C#N)c1cc(C(F)(F)F)c(C#N)cc13. The Hall–Kier alpha value is -5.46. The van der Waals surface area contributed by atoms with Crippen molar-refractivity contribution < 1.29 is 26.3 Å². The van der Waals surface area contributed by atoms with Gasteiger partial charge >= 0.3 is 12.4 Å². The van der Waals surface area contributed by atoms with Gasteiger partial charge in [-0.15, -0.1) is 0 Å². The third kappa shape index (κ3) is 3.40. The molecule has 5 aromatic carbocycles. The molecule has 0 saturated carbocycles. The van der Waals surface area contributed by atoms with E-state index in [1.54, 1.807) is 0 Å². The van der Waals surface area contributed by atoms with Gasteiger partial charge in [0.2, 0.25) is 12.4 Å². The summed E-state index contributed by atoms with van der Waals surface area (Å²) < 4.78 is 81.7. The first-order valence-electron chi connectivity index (χ1n) is 10.4. The lowest BCUT2D eigenvalue weighted by atomic mass is 10.0. The molecule has 0 unspecified atom stereocenters. The summed E-state index contributed by atoms with van der Waals surface area (Å²) in [5.74, 6) is 0. The Morgan fingerprint density at radius 2 is 0.789 bits per heavy atom. The van der Waals surface area contributed by atoms with Crippen LogP contribution in [0, 0.1) is 45.6 Å². The first-order valence-corrected chi connectivity index (χ1v) is 10.4. The molecule has 5 aromatic rings. The summed E-state index contributed by atoms with van der Waals surface area (Å²) in [6.45, 7) is 0. The van der Waals surface area contributed by atoms with Gasteiger partial charge in [0.05, 0.1) is 45.1 Å². The molecule has 0 aliphatic carbocycles. The zero-order valence-corrected chi connectivity index (χ0v) is 18.4. The lowest BCUT2D eigenvalue weighted by Crippen LogP contribution is -2.09. The van der Waals surface area contributed by atoms with Gasteiger partial charge in [-0.3, -0.25) is 0 Å². The fourth-order valence-corrected chi connectivity index (χ4v) is 4.76. The van der Waals surface area contributed by atoms with Crippen molar-refractivity contribution in [2.24, 2.45) is 9.98 Å². The van der Waals surface area contributed by atoms with Crippen LogP contribution < -0.4 is 10.7 Å². The predicted octanol–water partition coefficient (Wildman–Crippen LogP) is 5.72. The average molecular weight is 516 g/mol. The van der Waals surface area contributed by atoms with Crippen LogP contribution in [0.4, 0.5) is 26.3 Å². The maximum absolute atomic E-state index is 13.6. The van der Waals surface area contributed by atoms with Crippen LogP contribution in [0.2, 0.25) is 0 Å². The molecule has 0 aromatic heterocycles. The number of hydrogen-bond acceptors (Lipinski definition) is 6. The molecule has 0 aliphatic heterocycles. The highest BCUT2D eigenvalue weighted by Gasteiger charge is 2.36. The second kappa shape index (κ2) is 8.03. The molecule has 38 heavy (non-hydrogen) atoms. The van der Waals surface area contributed by atoms with Crippen molar-refractivity contribution in [2.45, 2.75) is 12.4 Å². The summed E-state index contributed by atoms with van der Waals surface area (Å²) in [4.78, 5) is 7.36. The molecule has 0 aliphatic rings. The zero-order chi connectivity index (χ0) is 27.6. The van der Waals surface area contributed by atoms with E-state index in [9.17, 15) is 47.4 Å². The molecule has 0 amide bonds. The van der Waals surface area contributed by atoms with Crippen LogP contribution in [0.15, 0.2) is 46.4 Å². The number of nitriles is 4. The van der Waals surface area contributed by atoms with Crippen LogP contribution in [0.3, 0.4) is 0 Å². The van der Waals surface area contributed by atoms with Gasteiger partial charge in [-0.2, -0.15) is 57.4 Å². The predicted molar refractivity (Wildman–Crippen MR) is 121 cm³/mol. The fourth-order valence-electron chi connectivity index (χ4n) is 4.76. The highest BCUT2D eigenvalue weighted by molar-refractivity contribution is 6.21. The van der Waals surface area contributed by atoms with E-state index in [-0.39, 0.29) is 53.8 Å². The summed E-state index contributed by atoms with van der Waals surface area (Å²) in [5.41, 5.74) is -3.79. The maximum atomic E-state index is 13.6. The fraction of sp³-hybridized carbons (Fsp3) is 0.0769. The molecule has 0 fully saturated rings. The number of alkyl halides is 6. The zero-order valence-electron chi connectivity index (χ0n) is 18.4. The highest BCUT2D eigenvalue weighted by Crippen LogP contribution is 2.39. The number of fused-ring (bicyclic) bond motifs is 6. The molecule has 0 bridgehead atoms. The lowest BCUT2D eigenvalue weighted by molar-refractivity contribution is -0.138. The summed E-state index contributed by atoms with van der Waals surface area (Å²) in [7, 11) is 0. The molecule has 0 N–H and O–H groups in total. The van der Waals surface area contributed by atoms with E-state index in [1.807, 2.05) is 0 Å². The smallest absolute Gasteiger partial charge is 0.192 e. The van der Waals surface area contributed by atoms with Crippen LogP contribution in [0.25, 0.3) is 43.1 Å². The first-order chi connectivity index (χ1) is 17.9. The van der Waals surface area contributed by atoms with Gasteiger partial charge in [-0.25, -0.2) is 0 Å². The van der Waals surface area contributed by atoms with E-state index in [2.05, 4.69) is 9.98 Å². The third-order valence-corrected chi connectivity index (χ3v) is 6.25. The van der Waals surface area contributed by atoms with E-state index in [0.717, 1.165) is 24.3 Å². The normalized spacial score (nSPS) is 13.2. The molecule has 0 saturated heterocycles. The van der Waals surface area contributed by atoms with Crippen LogP contribution in [-0.4, -0.2) is 0 Å². The minimum Gasteiger partial charge on any atom is -0.192 e. The summed E-state index contributed by atoms with van der Waals surface area (Å²) in [6.07, 6.45) is -6.67. The standard InChI is InChI=1S/C26H6F6N6/c27-25(28,29)21-5-19-13(1-11(21)7-33)15-3-16-14-2-12(8-34)22(26(30,31)32)6-20(14)24(38-10-36)18(16)4-17(15)23(19)37-9-35/h1-6H/b37-23-,38-24+. The lowest BCUT2D eigenvalue weighted by Gasteiger charge is -2.09. The van der Waals surface area contributed by atoms with Gasteiger partial charge in [0.25, 0.3) is 0 Å². The van der Waals surface area contributed by atoms with Gasteiger partial charge in [0, 0.05) is 21.5 Å².